The molecule has 2 N–H and O–H groups in total. The molecule has 7 nitrogen and oxygen atoms in total. The summed E-state index contributed by atoms with van der Waals surface area (Å²) in [6, 6.07) is 15.5. The number of methoxy groups -OCH3 is 1. The molecule has 0 aromatic heterocycles. The summed E-state index contributed by atoms with van der Waals surface area (Å²) >= 11 is 1.53. The number of carbonyl (C=O) groups is 3. The molecule has 2 rings (SSSR count). The number of hydrogen-bond donors (Lipinski definition) is 2. The minimum atomic E-state index is -0.792. The Morgan fingerprint density at radius 1 is 1.03 bits per heavy atom. The van der Waals surface area contributed by atoms with Crippen LogP contribution in [0.5, 0.6) is 5.75 Å². The zero-order valence-corrected chi connectivity index (χ0v) is 20.1. The normalized spacial score (nSPS) is 12.5. The van der Waals surface area contributed by atoms with Crippen molar-refractivity contribution in [3.8, 4) is 5.75 Å². The molecule has 2 aromatic rings. The average Bonchev–Trinajstić information content (AvgIpc) is 2.82. The van der Waals surface area contributed by atoms with Gasteiger partial charge in [-0.2, -0.15) is 11.8 Å². The molecule has 1 unspecified atom stereocenters. The van der Waals surface area contributed by atoms with Gasteiger partial charge in [0.2, 0.25) is 5.91 Å². The van der Waals surface area contributed by atoms with E-state index in [1.807, 2.05) is 68.4 Å². The predicted molar refractivity (Wildman–Crippen MR) is 130 cm³/mol. The lowest BCUT2D eigenvalue weighted by molar-refractivity contribution is -0.125. The van der Waals surface area contributed by atoms with Crippen LogP contribution in [0.15, 0.2) is 54.6 Å². The van der Waals surface area contributed by atoms with E-state index in [0.29, 0.717) is 17.9 Å². The van der Waals surface area contributed by atoms with E-state index < -0.39 is 24.1 Å². The van der Waals surface area contributed by atoms with E-state index in [1.54, 1.807) is 7.11 Å². The Bertz CT molecular complexity index is 891. The molecule has 178 valence electrons. The van der Waals surface area contributed by atoms with Gasteiger partial charge >= 0.3 is 6.09 Å². The van der Waals surface area contributed by atoms with Crippen molar-refractivity contribution >= 4 is 30.0 Å². The standard InChI is InChI=1S/C25H32N2O5S/c1-18(2)12-23(27-25(30)32-15-19-8-5-4-6-9-19)24(29)26-21(14-28)17-33-16-20-10-7-11-22(13-20)31-3/h4-11,13-14,18,21,23H,12,15-17H2,1-3H3,(H,26,29)(H,27,30)/t21?,23-/m1/s1. The molecule has 33 heavy (non-hydrogen) atoms. The largest absolute Gasteiger partial charge is 0.497 e. The lowest BCUT2D eigenvalue weighted by Gasteiger charge is -2.22. The van der Waals surface area contributed by atoms with Crippen LogP contribution in [0.25, 0.3) is 0 Å². The molecule has 0 radical (unpaired) electrons. The molecular formula is C25H32N2O5S. The SMILES string of the molecule is COc1cccc(CSCC(C=O)NC(=O)[C@@H](CC(C)C)NC(=O)OCc2ccccc2)c1. The summed E-state index contributed by atoms with van der Waals surface area (Å²) < 4.78 is 10.5. The first-order valence-electron chi connectivity index (χ1n) is 10.8. The molecule has 0 bridgehead atoms. The van der Waals surface area contributed by atoms with Crippen LogP contribution < -0.4 is 15.4 Å². The van der Waals surface area contributed by atoms with E-state index in [1.165, 1.54) is 11.8 Å². The molecule has 0 aliphatic carbocycles. The van der Waals surface area contributed by atoms with Gasteiger partial charge in [0.15, 0.2) is 0 Å². The highest BCUT2D eigenvalue weighted by Crippen LogP contribution is 2.18. The van der Waals surface area contributed by atoms with Gasteiger partial charge in [-0.15, -0.1) is 0 Å². The van der Waals surface area contributed by atoms with E-state index in [9.17, 15) is 14.4 Å². The zero-order valence-electron chi connectivity index (χ0n) is 19.3. The second-order valence-corrected chi connectivity index (χ2v) is 9.04. The summed E-state index contributed by atoms with van der Waals surface area (Å²) in [5.41, 5.74) is 1.92. The predicted octanol–water partition coefficient (Wildman–Crippen LogP) is 3.95. The van der Waals surface area contributed by atoms with E-state index in [2.05, 4.69) is 10.6 Å². The fourth-order valence-corrected chi connectivity index (χ4v) is 4.02. The van der Waals surface area contributed by atoms with Crippen LogP contribution in [0.1, 0.15) is 31.4 Å². The molecule has 0 heterocycles. The van der Waals surface area contributed by atoms with Crippen molar-refractivity contribution in [1.82, 2.24) is 10.6 Å². The summed E-state index contributed by atoms with van der Waals surface area (Å²) in [4.78, 5) is 36.6. The summed E-state index contributed by atoms with van der Waals surface area (Å²) in [6.45, 7) is 4.03. The fourth-order valence-electron chi connectivity index (χ4n) is 3.07. The molecule has 2 atom stereocenters. The van der Waals surface area contributed by atoms with Crippen molar-refractivity contribution in [2.45, 2.75) is 44.7 Å². The van der Waals surface area contributed by atoms with E-state index in [0.717, 1.165) is 23.2 Å². The molecule has 0 saturated heterocycles. The maximum absolute atomic E-state index is 12.8. The van der Waals surface area contributed by atoms with Crippen LogP contribution in [0.3, 0.4) is 0 Å². The highest BCUT2D eigenvalue weighted by molar-refractivity contribution is 7.98. The lowest BCUT2D eigenvalue weighted by atomic mass is 10.0. The monoisotopic (exact) mass is 472 g/mol. The van der Waals surface area contributed by atoms with Crippen LogP contribution in [0.4, 0.5) is 4.79 Å². The molecule has 2 amide bonds. The van der Waals surface area contributed by atoms with E-state index in [-0.39, 0.29) is 12.5 Å². The van der Waals surface area contributed by atoms with E-state index in [4.69, 9.17) is 9.47 Å². The minimum absolute atomic E-state index is 0.112. The molecule has 2 aromatic carbocycles. The molecule has 0 spiro atoms. The van der Waals surface area contributed by atoms with Crippen molar-refractivity contribution in [2.24, 2.45) is 5.92 Å². The number of thioether (sulfide) groups is 1. The zero-order chi connectivity index (χ0) is 24.1. The molecule has 0 fully saturated rings. The van der Waals surface area contributed by atoms with Crippen molar-refractivity contribution < 1.29 is 23.9 Å². The number of rotatable bonds is 13. The molecule has 0 aliphatic heterocycles. The highest BCUT2D eigenvalue weighted by atomic mass is 32.2. The van der Waals surface area contributed by atoms with Gasteiger partial charge in [-0.3, -0.25) is 4.79 Å². The van der Waals surface area contributed by atoms with Gasteiger partial charge in [-0.25, -0.2) is 4.79 Å². The lowest BCUT2D eigenvalue weighted by Crippen LogP contribution is -2.51. The Labute approximate surface area is 199 Å². The summed E-state index contributed by atoms with van der Waals surface area (Å²) in [7, 11) is 1.61. The van der Waals surface area contributed by atoms with Crippen LogP contribution in [-0.2, 0) is 26.7 Å². The van der Waals surface area contributed by atoms with Gasteiger partial charge in [0.1, 0.15) is 24.7 Å². The van der Waals surface area contributed by atoms with Crippen molar-refractivity contribution in [2.75, 3.05) is 12.9 Å². The maximum atomic E-state index is 12.8. The second-order valence-electron chi connectivity index (χ2n) is 8.01. The van der Waals surface area contributed by atoms with Gasteiger partial charge < -0.3 is 24.9 Å². The molecule has 8 heteroatoms. The Morgan fingerprint density at radius 2 is 1.76 bits per heavy atom. The van der Waals surface area contributed by atoms with Gasteiger partial charge in [-0.1, -0.05) is 56.3 Å². The fraction of sp³-hybridized carbons (Fsp3) is 0.400. The molecule has 0 aliphatic rings. The number of benzene rings is 2. The Morgan fingerprint density at radius 3 is 2.42 bits per heavy atom. The third-order valence-corrected chi connectivity index (χ3v) is 5.85. The number of carbonyl (C=O) groups excluding carboxylic acids is 3. The Hall–Kier alpha value is -3.00. The quantitative estimate of drug-likeness (QED) is 0.429. The van der Waals surface area contributed by atoms with Gasteiger partial charge in [0.05, 0.1) is 13.2 Å². The number of amides is 2. The second kappa shape index (κ2) is 14.2. The summed E-state index contributed by atoms with van der Waals surface area (Å²) in [5.74, 6) is 1.62. The van der Waals surface area contributed by atoms with Gasteiger partial charge in [-0.05, 0) is 35.6 Å². The molecular weight excluding hydrogens is 440 g/mol. The maximum Gasteiger partial charge on any atom is 0.408 e. The van der Waals surface area contributed by atoms with Crippen molar-refractivity contribution in [3.05, 3.63) is 65.7 Å². The number of ether oxygens (including phenoxy) is 2. The van der Waals surface area contributed by atoms with Gasteiger partial charge in [0, 0.05) is 11.5 Å². The number of aldehydes is 1. The number of hydrogen-bond acceptors (Lipinski definition) is 6. The first kappa shape index (κ1) is 26.3. The Kier molecular flexibility index (Phi) is 11.3. The topological polar surface area (TPSA) is 93.7 Å². The summed E-state index contributed by atoms with van der Waals surface area (Å²) in [5, 5.41) is 5.37. The van der Waals surface area contributed by atoms with Crippen LogP contribution in [0.2, 0.25) is 0 Å². The first-order chi connectivity index (χ1) is 15.9. The summed E-state index contributed by atoms with van der Waals surface area (Å²) in [6.07, 6.45) is 0.473. The minimum Gasteiger partial charge on any atom is -0.497 e. The first-order valence-corrected chi connectivity index (χ1v) is 12.0. The number of alkyl carbamates (subject to hydrolysis) is 1. The third-order valence-electron chi connectivity index (χ3n) is 4.72. The van der Waals surface area contributed by atoms with E-state index >= 15 is 0 Å². The average molecular weight is 473 g/mol. The van der Waals surface area contributed by atoms with Crippen molar-refractivity contribution in [1.29, 1.82) is 0 Å². The highest BCUT2D eigenvalue weighted by Gasteiger charge is 2.24. The molecule has 0 saturated carbocycles. The van der Waals surface area contributed by atoms with Crippen LogP contribution >= 0.6 is 11.8 Å². The van der Waals surface area contributed by atoms with Crippen molar-refractivity contribution in [3.63, 3.8) is 0 Å². The van der Waals surface area contributed by atoms with Gasteiger partial charge in [0.25, 0.3) is 0 Å². The Balaban J connectivity index is 1.86. The number of nitrogens with one attached hydrogen (secondary N) is 2. The third kappa shape index (κ3) is 9.99. The van der Waals surface area contributed by atoms with Crippen LogP contribution in [0, 0.1) is 5.92 Å². The van der Waals surface area contributed by atoms with Crippen LogP contribution in [-0.4, -0.2) is 43.2 Å². The smallest absolute Gasteiger partial charge is 0.408 e.